The lowest BCUT2D eigenvalue weighted by atomic mass is 9.78. The summed E-state index contributed by atoms with van der Waals surface area (Å²) < 4.78 is 123. The molecule has 1 N–H and O–H groups in total. The molecule has 3 heterocycles. The predicted octanol–water partition coefficient (Wildman–Crippen LogP) is 2.19. The number of benzene rings is 1. The van der Waals surface area contributed by atoms with Gasteiger partial charge in [-0.05, 0) is 47.7 Å². The number of hydrogen-bond donors (Lipinski definition) is 1. The number of fused-ring (bicyclic) bond motifs is 1. The van der Waals surface area contributed by atoms with E-state index in [0.717, 1.165) is 6.07 Å². The number of halogens is 6. The summed E-state index contributed by atoms with van der Waals surface area (Å²) in [5, 5.41) is -6.01. The van der Waals surface area contributed by atoms with Crippen LogP contribution < -0.4 is 4.74 Å². The highest BCUT2D eigenvalue weighted by Gasteiger charge is 2.73. The standard InChI is InChI=1S/C22H16F5IO12S/c1-6(2)16(29)36-7-3-4-9(28)8(5-7)17(30)38-14-13-11(10-12(37-13)15(14)39-18(10)31)19(32)40-20(21(23,24)25)22(26,27)41(33,34)35/h3-5,10-15,20H,1H2,2H3,(H,33,34,35). The third kappa shape index (κ3) is 5.50. The Morgan fingerprint density at radius 1 is 1.12 bits per heavy atom. The molecule has 224 valence electrons. The first-order valence-electron chi connectivity index (χ1n) is 11.1. The summed E-state index contributed by atoms with van der Waals surface area (Å²) in [5.41, 5.74) is -0.144. The first-order valence-corrected chi connectivity index (χ1v) is 13.6. The fourth-order valence-corrected chi connectivity index (χ4v) is 5.51. The first-order chi connectivity index (χ1) is 18.8. The van der Waals surface area contributed by atoms with Gasteiger partial charge in [-0.25, -0.2) is 9.59 Å². The molecule has 0 radical (unpaired) electrons. The second-order valence-electron chi connectivity index (χ2n) is 9.10. The number of esters is 4. The molecular weight excluding hydrogens is 710 g/mol. The normalized spacial score (nSPS) is 27.7. The van der Waals surface area contributed by atoms with Gasteiger partial charge in [0.05, 0.1) is 5.56 Å². The minimum atomic E-state index is -6.72. The van der Waals surface area contributed by atoms with Gasteiger partial charge in [0.1, 0.15) is 29.8 Å². The van der Waals surface area contributed by atoms with Crippen LogP contribution in [0.3, 0.4) is 0 Å². The Morgan fingerprint density at radius 2 is 1.76 bits per heavy atom. The van der Waals surface area contributed by atoms with Gasteiger partial charge in [-0.2, -0.15) is 30.4 Å². The summed E-state index contributed by atoms with van der Waals surface area (Å²) >= 11 is 1.73. The van der Waals surface area contributed by atoms with Gasteiger partial charge in [-0.3, -0.25) is 14.1 Å². The fraction of sp³-hybridized carbons (Fsp3) is 0.455. The molecule has 4 rings (SSSR count). The Hall–Kier alpha value is -2.91. The highest BCUT2D eigenvalue weighted by molar-refractivity contribution is 14.1. The second-order valence-corrected chi connectivity index (χ2v) is 11.8. The maximum Gasteiger partial charge on any atom is 0.432 e. The van der Waals surface area contributed by atoms with Crippen LogP contribution in [0, 0.1) is 15.4 Å². The average molecular weight is 726 g/mol. The van der Waals surface area contributed by atoms with Crippen LogP contribution in [0.15, 0.2) is 30.4 Å². The lowest BCUT2D eigenvalue weighted by Gasteiger charge is -2.30. The van der Waals surface area contributed by atoms with Crippen molar-refractivity contribution in [1.82, 2.24) is 0 Å². The zero-order valence-corrected chi connectivity index (χ0v) is 23.1. The third-order valence-electron chi connectivity index (χ3n) is 6.32. The van der Waals surface area contributed by atoms with Crippen LogP contribution in [0.1, 0.15) is 17.3 Å². The minimum Gasteiger partial charge on any atom is -0.455 e. The maximum absolute atomic E-state index is 14.0. The molecule has 1 aromatic rings. The van der Waals surface area contributed by atoms with Crippen LogP contribution in [-0.4, -0.2) is 78.8 Å². The van der Waals surface area contributed by atoms with E-state index in [4.69, 9.17) is 23.5 Å². The molecular formula is C22H16F5IO12S. The smallest absolute Gasteiger partial charge is 0.432 e. The van der Waals surface area contributed by atoms with E-state index >= 15 is 0 Å². The zero-order valence-electron chi connectivity index (χ0n) is 20.1. The van der Waals surface area contributed by atoms with Gasteiger partial charge >= 0.3 is 45.4 Å². The Balaban J connectivity index is 1.59. The van der Waals surface area contributed by atoms with Gasteiger partial charge in [-0.1, -0.05) is 6.58 Å². The summed E-state index contributed by atoms with van der Waals surface area (Å²) in [5.74, 6) is -9.12. The summed E-state index contributed by atoms with van der Waals surface area (Å²) in [4.78, 5) is 49.9. The molecule has 2 bridgehead atoms. The molecule has 41 heavy (non-hydrogen) atoms. The number of carbonyl (C=O) groups excluding carboxylic acids is 4. The van der Waals surface area contributed by atoms with Crippen molar-refractivity contribution in [2.45, 2.75) is 48.9 Å². The number of hydrogen-bond acceptors (Lipinski definition) is 11. The van der Waals surface area contributed by atoms with Gasteiger partial charge in [-0.15, -0.1) is 0 Å². The van der Waals surface area contributed by atoms with E-state index in [1.807, 2.05) is 0 Å². The number of carbonyl (C=O) groups is 4. The number of ether oxygens (including phenoxy) is 5. The highest BCUT2D eigenvalue weighted by Crippen LogP contribution is 2.52. The molecule has 0 spiro atoms. The fourth-order valence-electron chi connectivity index (χ4n) is 4.50. The molecule has 1 aromatic carbocycles. The van der Waals surface area contributed by atoms with Crippen LogP contribution >= 0.6 is 22.6 Å². The lowest BCUT2D eigenvalue weighted by Crippen LogP contribution is -2.54. The van der Waals surface area contributed by atoms with E-state index in [1.54, 1.807) is 22.6 Å². The van der Waals surface area contributed by atoms with Crippen LogP contribution in [-0.2, 0) is 43.4 Å². The van der Waals surface area contributed by atoms with Gasteiger partial charge in [0.15, 0.2) is 12.2 Å². The van der Waals surface area contributed by atoms with Gasteiger partial charge in [0.2, 0.25) is 0 Å². The first kappa shape index (κ1) is 31.0. The average Bonchev–Trinajstić information content (AvgIpc) is 3.45. The molecule has 19 heteroatoms. The molecule has 0 saturated carbocycles. The minimum absolute atomic E-state index is 0.0458. The van der Waals surface area contributed by atoms with Crippen LogP contribution in [0.25, 0.3) is 0 Å². The Kier molecular flexibility index (Phi) is 7.89. The molecule has 3 saturated heterocycles. The van der Waals surface area contributed by atoms with Gasteiger partial charge < -0.3 is 23.7 Å². The quantitative estimate of drug-likeness (QED) is 0.0790. The van der Waals surface area contributed by atoms with Crippen molar-refractivity contribution in [3.8, 4) is 5.75 Å². The molecule has 3 fully saturated rings. The molecule has 0 aliphatic carbocycles. The van der Waals surface area contributed by atoms with Crippen LogP contribution in [0.5, 0.6) is 5.75 Å². The Morgan fingerprint density at radius 3 is 2.32 bits per heavy atom. The Labute approximate surface area is 239 Å². The van der Waals surface area contributed by atoms with Gasteiger partial charge in [0.25, 0.3) is 6.10 Å². The van der Waals surface area contributed by atoms with Crippen molar-refractivity contribution in [3.05, 3.63) is 39.5 Å². The monoisotopic (exact) mass is 726 g/mol. The van der Waals surface area contributed by atoms with E-state index in [9.17, 15) is 49.5 Å². The molecule has 7 atom stereocenters. The Bertz CT molecular complexity index is 1440. The van der Waals surface area contributed by atoms with Crippen LogP contribution in [0.4, 0.5) is 22.0 Å². The van der Waals surface area contributed by atoms with Crippen molar-refractivity contribution < 1.29 is 77.8 Å². The molecule has 7 unspecified atom stereocenters. The SMILES string of the molecule is C=C(C)C(=O)Oc1ccc(I)c(C(=O)OC2C3OC(=O)C4C3OC2C4C(=O)OC(C(F)(F)F)C(F)(F)S(=O)(=O)O)c1. The van der Waals surface area contributed by atoms with Crippen LogP contribution in [0.2, 0.25) is 0 Å². The second kappa shape index (κ2) is 10.4. The third-order valence-corrected chi connectivity index (χ3v) is 8.16. The van der Waals surface area contributed by atoms with Crippen molar-refractivity contribution in [2.75, 3.05) is 0 Å². The van der Waals surface area contributed by atoms with Crippen molar-refractivity contribution in [2.24, 2.45) is 11.8 Å². The molecule has 0 amide bonds. The maximum atomic E-state index is 14.0. The summed E-state index contributed by atoms with van der Waals surface area (Å²) in [7, 11) is -6.72. The zero-order chi connectivity index (χ0) is 30.8. The molecule has 3 aliphatic rings. The van der Waals surface area contributed by atoms with E-state index < -0.39 is 87.8 Å². The number of rotatable bonds is 8. The van der Waals surface area contributed by atoms with E-state index in [-0.39, 0.29) is 20.5 Å². The predicted molar refractivity (Wildman–Crippen MR) is 127 cm³/mol. The number of alkyl halides is 5. The summed E-state index contributed by atoms with van der Waals surface area (Å²) in [6.07, 6.45) is -16.9. The van der Waals surface area contributed by atoms with Crippen molar-refractivity contribution in [3.63, 3.8) is 0 Å². The van der Waals surface area contributed by atoms with E-state index in [2.05, 4.69) is 11.3 Å². The molecule has 12 nitrogen and oxygen atoms in total. The molecule has 0 aromatic heterocycles. The van der Waals surface area contributed by atoms with E-state index in [1.165, 1.54) is 19.1 Å². The summed E-state index contributed by atoms with van der Waals surface area (Å²) in [6.45, 7) is 4.79. The van der Waals surface area contributed by atoms with Crippen molar-refractivity contribution in [1.29, 1.82) is 0 Å². The largest absolute Gasteiger partial charge is 0.455 e. The topological polar surface area (TPSA) is 169 Å². The summed E-state index contributed by atoms with van der Waals surface area (Å²) in [6, 6.07) is 3.82. The van der Waals surface area contributed by atoms with E-state index in [0.29, 0.717) is 0 Å². The molecule has 3 aliphatic heterocycles. The lowest BCUT2D eigenvalue weighted by molar-refractivity contribution is -0.261. The van der Waals surface area contributed by atoms with Gasteiger partial charge in [0, 0.05) is 9.14 Å². The highest BCUT2D eigenvalue weighted by atomic mass is 127. The van der Waals surface area contributed by atoms with Crippen molar-refractivity contribution >= 4 is 56.6 Å².